The highest BCUT2D eigenvalue weighted by Crippen LogP contribution is 2.16. The number of carbonyl (C=O) groups excluding carboxylic acids is 5. The third-order valence-electron chi connectivity index (χ3n) is 6.99. The van der Waals surface area contributed by atoms with Crippen LogP contribution in [0.4, 0.5) is 0 Å². The van der Waals surface area contributed by atoms with Crippen molar-refractivity contribution in [3.63, 3.8) is 0 Å². The Balaban J connectivity index is 1.66. The molecule has 1 unspecified atom stereocenters. The third kappa shape index (κ3) is 10.5. The molecule has 4 aromatic carbocycles. The predicted molar refractivity (Wildman–Crippen MR) is 176 cm³/mol. The van der Waals surface area contributed by atoms with Gasteiger partial charge in [-0.15, -0.1) is 0 Å². The minimum atomic E-state index is -2.04. The minimum absolute atomic E-state index is 0.00722. The van der Waals surface area contributed by atoms with Crippen LogP contribution < -0.4 is 10.6 Å². The zero-order chi connectivity index (χ0) is 33.8. The molecular weight excluding hydrogens is 596 g/mol. The molecule has 47 heavy (non-hydrogen) atoms. The Bertz CT molecular complexity index is 1650. The minimum Gasteiger partial charge on any atom is -0.457 e. The SMILES string of the molecule is CC(C)(C)OC(=O)C(OC(=O)[C@H](Cc1ccccc1)NC(=O)c1ccccc1)C(=O)[C@H](Cc1ccccc1)NC(=O)c1ccccc1. The summed E-state index contributed by atoms with van der Waals surface area (Å²) < 4.78 is 11.2. The zero-order valence-corrected chi connectivity index (χ0v) is 26.6. The molecule has 2 amide bonds. The maximum absolute atomic E-state index is 14.2. The lowest BCUT2D eigenvalue weighted by atomic mass is 9.98. The number of ether oxygens (including phenoxy) is 2. The van der Waals surface area contributed by atoms with Gasteiger partial charge in [0.1, 0.15) is 11.6 Å². The fourth-order valence-electron chi connectivity index (χ4n) is 4.74. The summed E-state index contributed by atoms with van der Waals surface area (Å²) in [5, 5.41) is 5.41. The van der Waals surface area contributed by atoms with E-state index in [1.807, 2.05) is 12.1 Å². The van der Waals surface area contributed by atoms with Crippen molar-refractivity contribution in [2.45, 2.75) is 57.4 Å². The average molecular weight is 635 g/mol. The van der Waals surface area contributed by atoms with Crippen LogP contribution >= 0.6 is 0 Å². The number of hydrogen-bond acceptors (Lipinski definition) is 7. The Morgan fingerprint density at radius 1 is 0.553 bits per heavy atom. The summed E-state index contributed by atoms with van der Waals surface area (Å²) in [5.41, 5.74) is 0.987. The molecule has 0 spiro atoms. The molecule has 9 nitrogen and oxygen atoms in total. The molecular formula is C38H38N2O7. The summed E-state index contributed by atoms with van der Waals surface area (Å²) in [6, 6.07) is 31.9. The summed E-state index contributed by atoms with van der Waals surface area (Å²) in [6.45, 7) is 4.85. The van der Waals surface area contributed by atoms with Gasteiger partial charge in [-0.3, -0.25) is 14.4 Å². The number of Topliss-reactive ketones (excluding diaryl/α,β-unsaturated/α-hetero) is 1. The van der Waals surface area contributed by atoms with Crippen molar-refractivity contribution in [3.8, 4) is 0 Å². The quantitative estimate of drug-likeness (QED) is 0.158. The van der Waals surface area contributed by atoms with Gasteiger partial charge in [-0.1, -0.05) is 97.1 Å². The van der Waals surface area contributed by atoms with Gasteiger partial charge in [0.25, 0.3) is 17.9 Å². The molecule has 3 atom stereocenters. The lowest BCUT2D eigenvalue weighted by Crippen LogP contribution is -2.53. The van der Waals surface area contributed by atoms with E-state index in [9.17, 15) is 24.0 Å². The fraction of sp³-hybridized carbons (Fsp3) is 0.237. The summed E-state index contributed by atoms with van der Waals surface area (Å²) in [7, 11) is 0. The van der Waals surface area contributed by atoms with Crippen LogP contribution in [-0.2, 0) is 36.7 Å². The van der Waals surface area contributed by atoms with Crippen LogP contribution in [0.2, 0.25) is 0 Å². The lowest BCUT2D eigenvalue weighted by Gasteiger charge is -2.27. The summed E-state index contributed by atoms with van der Waals surface area (Å²) in [5.74, 6) is -4.09. The predicted octanol–water partition coefficient (Wildman–Crippen LogP) is 4.89. The van der Waals surface area contributed by atoms with E-state index < -0.39 is 53.3 Å². The van der Waals surface area contributed by atoms with Gasteiger partial charge in [-0.25, -0.2) is 9.59 Å². The Morgan fingerprint density at radius 2 is 0.936 bits per heavy atom. The normalized spacial score (nSPS) is 12.9. The fourth-order valence-corrected chi connectivity index (χ4v) is 4.74. The van der Waals surface area contributed by atoms with E-state index in [2.05, 4.69) is 10.6 Å². The van der Waals surface area contributed by atoms with Crippen molar-refractivity contribution in [2.75, 3.05) is 0 Å². The van der Waals surface area contributed by atoms with Gasteiger partial charge >= 0.3 is 11.9 Å². The van der Waals surface area contributed by atoms with Crippen LogP contribution in [0.15, 0.2) is 121 Å². The second-order valence-electron chi connectivity index (χ2n) is 11.9. The molecule has 0 saturated carbocycles. The smallest absolute Gasteiger partial charge is 0.355 e. The van der Waals surface area contributed by atoms with Gasteiger partial charge in [-0.2, -0.15) is 0 Å². The van der Waals surface area contributed by atoms with Gasteiger partial charge in [-0.05, 0) is 62.6 Å². The second-order valence-corrected chi connectivity index (χ2v) is 11.9. The van der Waals surface area contributed by atoms with Gasteiger partial charge in [0, 0.05) is 17.5 Å². The van der Waals surface area contributed by atoms with E-state index in [-0.39, 0.29) is 12.8 Å². The van der Waals surface area contributed by atoms with Gasteiger partial charge < -0.3 is 20.1 Å². The maximum Gasteiger partial charge on any atom is 0.355 e. The summed E-state index contributed by atoms with van der Waals surface area (Å²) in [4.78, 5) is 68.0. The number of benzene rings is 4. The number of nitrogens with one attached hydrogen (secondary N) is 2. The van der Waals surface area contributed by atoms with Crippen LogP contribution in [0.1, 0.15) is 52.6 Å². The first kappa shape index (κ1) is 34.3. The van der Waals surface area contributed by atoms with Crippen molar-refractivity contribution in [1.29, 1.82) is 0 Å². The Kier molecular flexibility index (Phi) is 11.8. The first-order valence-corrected chi connectivity index (χ1v) is 15.3. The molecule has 2 N–H and O–H groups in total. The Labute approximate surface area is 274 Å². The Hall–Kier alpha value is -5.57. The monoisotopic (exact) mass is 634 g/mol. The molecule has 0 aliphatic carbocycles. The lowest BCUT2D eigenvalue weighted by molar-refractivity contribution is -0.179. The molecule has 0 saturated heterocycles. The van der Waals surface area contributed by atoms with Crippen LogP contribution in [0.3, 0.4) is 0 Å². The molecule has 0 aliphatic heterocycles. The van der Waals surface area contributed by atoms with Crippen molar-refractivity contribution in [1.82, 2.24) is 10.6 Å². The Morgan fingerprint density at radius 3 is 1.36 bits per heavy atom. The highest BCUT2D eigenvalue weighted by Gasteiger charge is 2.41. The van der Waals surface area contributed by atoms with Crippen LogP contribution in [0.25, 0.3) is 0 Å². The first-order valence-electron chi connectivity index (χ1n) is 15.3. The zero-order valence-electron chi connectivity index (χ0n) is 26.6. The number of amides is 2. The third-order valence-corrected chi connectivity index (χ3v) is 6.99. The highest BCUT2D eigenvalue weighted by molar-refractivity contribution is 6.08. The molecule has 0 radical (unpaired) electrons. The molecule has 242 valence electrons. The van der Waals surface area contributed by atoms with Crippen LogP contribution in [0, 0.1) is 0 Å². The van der Waals surface area contributed by atoms with Crippen molar-refractivity contribution < 1.29 is 33.4 Å². The van der Waals surface area contributed by atoms with E-state index in [4.69, 9.17) is 9.47 Å². The second kappa shape index (κ2) is 16.1. The molecule has 0 aliphatic rings. The van der Waals surface area contributed by atoms with E-state index in [0.717, 1.165) is 0 Å². The van der Waals surface area contributed by atoms with Gasteiger partial charge in [0.2, 0.25) is 5.78 Å². The van der Waals surface area contributed by atoms with Crippen LogP contribution in [-0.4, -0.2) is 53.3 Å². The summed E-state index contributed by atoms with van der Waals surface area (Å²) in [6.07, 6.45) is -2.02. The molecule has 4 aromatic rings. The molecule has 0 bridgehead atoms. The van der Waals surface area contributed by atoms with Gasteiger partial charge in [0.05, 0.1) is 6.04 Å². The van der Waals surface area contributed by atoms with Crippen molar-refractivity contribution in [2.24, 2.45) is 0 Å². The van der Waals surface area contributed by atoms with E-state index in [0.29, 0.717) is 22.3 Å². The maximum atomic E-state index is 14.2. The molecule has 0 fully saturated rings. The standard InChI is InChI=1S/C38H38N2O7/c1-38(2,3)47-37(45)33(32(41)30(24-26-16-8-4-9-17-26)39-34(42)28-20-12-6-13-21-28)46-36(44)31(25-27-18-10-5-11-19-27)40-35(43)29-22-14-7-15-23-29/h4-23,30-31,33H,24-25H2,1-3H3,(H,39,42)(H,40,43)/t30-,31-,33?/m0/s1. The molecule has 4 rings (SSSR count). The van der Waals surface area contributed by atoms with E-state index in [1.54, 1.807) is 130 Å². The number of hydrogen-bond donors (Lipinski definition) is 2. The molecule has 9 heteroatoms. The largest absolute Gasteiger partial charge is 0.457 e. The molecule has 0 heterocycles. The number of rotatable bonds is 13. The number of ketones is 1. The van der Waals surface area contributed by atoms with Crippen LogP contribution in [0.5, 0.6) is 0 Å². The van der Waals surface area contributed by atoms with Crippen molar-refractivity contribution in [3.05, 3.63) is 144 Å². The topological polar surface area (TPSA) is 128 Å². The van der Waals surface area contributed by atoms with Crippen molar-refractivity contribution >= 4 is 29.5 Å². The first-order chi connectivity index (χ1) is 22.5. The van der Waals surface area contributed by atoms with Gasteiger partial charge in [0.15, 0.2) is 0 Å². The van der Waals surface area contributed by atoms with E-state index >= 15 is 0 Å². The number of esters is 2. The summed E-state index contributed by atoms with van der Waals surface area (Å²) >= 11 is 0. The number of carbonyl (C=O) groups is 5. The molecule has 0 aromatic heterocycles. The average Bonchev–Trinajstić information content (AvgIpc) is 3.07. The highest BCUT2D eigenvalue weighted by atomic mass is 16.6. The van der Waals surface area contributed by atoms with E-state index in [1.165, 1.54) is 0 Å².